The van der Waals surface area contributed by atoms with Crippen LogP contribution in [0.2, 0.25) is 0 Å². The van der Waals surface area contributed by atoms with Crippen molar-refractivity contribution in [3.8, 4) is 11.5 Å². The largest absolute Gasteiger partial charge is 0.463 e. The molecular weight excluding hydrogens is 326 g/mol. The van der Waals surface area contributed by atoms with E-state index >= 15 is 0 Å². The summed E-state index contributed by atoms with van der Waals surface area (Å²) in [5.74, 6) is 0.787. The minimum atomic E-state index is -0.531. The van der Waals surface area contributed by atoms with Gasteiger partial charge in [-0.3, -0.25) is 4.90 Å². The van der Waals surface area contributed by atoms with Gasteiger partial charge in [0.2, 0.25) is 0 Å². The number of H-pyrrole nitrogens is 1. The third-order valence-corrected chi connectivity index (χ3v) is 4.54. The number of hydrogen-bond acceptors (Lipinski definition) is 4. The Hall–Kier alpha value is -2.89. The van der Waals surface area contributed by atoms with Crippen LogP contribution in [0.5, 0.6) is 0 Å². The van der Waals surface area contributed by atoms with Crippen LogP contribution in [0.4, 0.5) is 0 Å². The van der Waals surface area contributed by atoms with Gasteiger partial charge in [-0.15, -0.1) is 0 Å². The van der Waals surface area contributed by atoms with Crippen molar-refractivity contribution < 1.29 is 9.52 Å². The molecule has 1 atom stereocenters. The van der Waals surface area contributed by atoms with E-state index in [1.54, 1.807) is 12.5 Å². The number of fused-ring (bicyclic) bond motifs is 1. The molecule has 5 heteroatoms. The normalized spacial score (nSPS) is 12.7. The van der Waals surface area contributed by atoms with Crippen LogP contribution in [-0.2, 0) is 6.54 Å². The van der Waals surface area contributed by atoms with Gasteiger partial charge >= 0.3 is 0 Å². The zero-order valence-electron chi connectivity index (χ0n) is 14.6. The highest BCUT2D eigenvalue weighted by atomic mass is 16.3. The number of hydrogen-bond donors (Lipinski definition) is 2. The molecule has 0 aliphatic rings. The molecule has 2 N–H and O–H groups in total. The maximum absolute atomic E-state index is 10.5. The second-order valence-corrected chi connectivity index (χ2v) is 6.48. The average Bonchev–Trinajstić information content (AvgIpc) is 3.31. The van der Waals surface area contributed by atoms with Gasteiger partial charge in [0.05, 0.1) is 18.1 Å². The van der Waals surface area contributed by atoms with Gasteiger partial charge in [0.15, 0.2) is 0 Å². The second kappa shape index (κ2) is 7.15. The molecule has 0 fully saturated rings. The summed E-state index contributed by atoms with van der Waals surface area (Å²) < 4.78 is 5.59. The van der Waals surface area contributed by atoms with Crippen molar-refractivity contribution in [1.82, 2.24) is 14.9 Å². The molecule has 0 unspecified atom stereocenters. The SMILES string of the molecule is CN(Cc1c(-c2ccco2)[nH]c2ncccc12)C[C@@H](O)c1ccccc1. The first kappa shape index (κ1) is 16.6. The Morgan fingerprint density at radius 3 is 2.73 bits per heavy atom. The molecule has 0 radical (unpaired) electrons. The monoisotopic (exact) mass is 347 g/mol. The number of furan rings is 1. The Labute approximate surface area is 151 Å². The number of aromatic nitrogens is 2. The fourth-order valence-electron chi connectivity index (χ4n) is 3.28. The highest BCUT2D eigenvalue weighted by Crippen LogP contribution is 2.31. The van der Waals surface area contributed by atoms with E-state index < -0.39 is 6.10 Å². The van der Waals surface area contributed by atoms with Crippen molar-refractivity contribution in [2.75, 3.05) is 13.6 Å². The van der Waals surface area contributed by atoms with Crippen molar-refractivity contribution >= 4 is 11.0 Å². The van der Waals surface area contributed by atoms with E-state index in [2.05, 4.69) is 20.9 Å². The number of aliphatic hydroxyl groups is 1. The quantitative estimate of drug-likeness (QED) is 0.553. The summed E-state index contributed by atoms with van der Waals surface area (Å²) in [5, 5.41) is 11.6. The molecule has 0 saturated heterocycles. The number of rotatable bonds is 6. The molecule has 3 heterocycles. The Kier molecular flexibility index (Phi) is 4.56. The van der Waals surface area contributed by atoms with Gasteiger partial charge in [0, 0.05) is 30.2 Å². The highest BCUT2D eigenvalue weighted by Gasteiger charge is 2.18. The van der Waals surface area contributed by atoms with Gasteiger partial charge in [-0.05, 0) is 36.9 Å². The number of aromatic amines is 1. The molecule has 5 nitrogen and oxygen atoms in total. The third kappa shape index (κ3) is 3.27. The lowest BCUT2D eigenvalue weighted by molar-refractivity contribution is 0.124. The first-order chi connectivity index (χ1) is 12.7. The predicted molar refractivity (Wildman–Crippen MR) is 102 cm³/mol. The Balaban J connectivity index is 1.61. The van der Waals surface area contributed by atoms with E-state index in [-0.39, 0.29) is 0 Å². The van der Waals surface area contributed by atoms with Gasteiger partial charge < -0.3 is 14.5 Å². The molecule has 0 aliphatic heterocycles. The molecule has 0 amide bonds. The number of nitrogens with one attached hydrogen (secondary N) is 1. The lowest BCUT2D eigenvalue weighted by atomic mass is 10.1. The van der Waals surface area contributed by atoms with E-state index in [1.165, 1.54) is 0 Å². The molecule has 3 aromatic heterocycles. The van der Waals surface area contributed by atoms with Crippen LogP contribution in [-0.4, -0.2) is 33.6 Å². The van der Waals surface area contributed by atoms with Crippen molar-refractivity contribution in [1.29, 1.82) is 0 Å². The molecule has 26 heavy (non-hydrogen) atoms. The number of pyridine rings is 1. The summed E-state index contributed by atoms with van der Waals surface area (Å²) in [6, 6.07) is 17.5. The molecular formula is C21H21N3O2. The van der Waals surface area contributed by atoms with Crippen LogP contribution in [0.15, 0.2) is 71.5 Å². The lowest BCUT2D eigenvalue weighted by Gasteiger charge is -2.21. The number of benzene rings is 1. The van der Waals surface area contributed by atoms with Crippen molar-refractivity contribution in [3.63, 3.8) is 0 Å². The fourth-order valence-corrected chi connectivity index (χ4v) is 3.28. The molecule has 0 bridgehead atoms. The Morgan fingerprint density at radius 2 is 1.96 bits per heavy atom. The van der Waals surface area contributed by atoms with E-state index in [0.717, 1.165) is 33.6 Å². The topological polar surface area (TPSA) is 65.3 Å². The van der Waals surface area contributed by atoms with E-state index in [9.17, 15) is 5.11 Å². The first-order valence-corrected chi connectivity index (χ1v) is 8.63. The van der Waals surface area contributed by atoms with Crippen molar-refractivity contribution in [2.45, 2.75) is 12.6 Å². The average molecular weight is 347 g/mol. The number of aliphatic hydroxyl groups excluding tert-OH is 1. The number of nitrogens with zero attached hydrogens (tertiary/aromatic N) is 2. The minimum Gasteiger partial charge on any atom is -0.463 e. The van der Waals surface area contributed by atoms with Crippen LogP contribution in [0.3, 0.4) is 0 Å². The second-order valence-electron chi connectivity index (χ2n) is 6.48. The third-order valence-electron chi connectivity index (χ3n) is 4.54. The van der Waals surface area contributed by atoms with E-state index in [0.29, 0.717) is 13.1 Å². The fraction of sp³-hybridized carbons (Fsp3) is 0.190. The van der Waals surface area contributed by atoms with Crippen LogP contribution in [0.25, 0.3) is 22.5 Å². The molecule has 132 valence electrons. The van der Waals surface area contributed by atoms with Crippen LogP contribution >= 0.6 is 0 Å². The summed E-state index contributed by atoms with van der Waals surface area (Å²) in [6.07, 6.45) is 2.91. The summed E-state index contributed by atoms with van der Waals surface area (Å²) in [5.41, 5.74) is 3.81. The van der Waals surface area contributed by atoms with Crippen LogP contribution < -0.4 is 0 Å². The van der Waals surface area contributed by atoms with Gasteiger partial charge in [-0.25, -0.2) is 4.98 Å². The Bertz CT molecular complexity index is 977. The molecule has 0 saturated carbocycles. The molecule has 0 spiro atoms. The standard InChI is InChI=1S/C21H21N3O2/c1-24(14-18(25)15-7-3-2-4-8-15)13-17-16-9-5-11-22-21(16)23-20(17)19-10-6-12-26-19/h2-12,18,25H,13-14H2,1H3,(H,22,23)/t18-/m1/s1. The smallest absolute Gasteiger partial charge is 0.150 e. The van der Waals surface area contributed by atoms with E-state index in [1.807, 2.05) is 55.6 Å². The molecule has 1 aromatic carbocycles. The molecule has 4 rings (SSSR count). The van der Waals surface area contributed by atoms with Gasteiger partial charge in [-0.1, -0.05) is 30.3 Å². The minimum absolute atomic E-state index is 0.531. The Morgan fingerprint density at radius 1 is 1.12 bits per heavy atom. The van der Waals surface area contributed by atoms with Crippen LogP contribution in [0, 0.1) is 0 Å². The van der Waals surface area contributed by atoms with Crippen LogP contribution in [0.1, 0.15) is 17.2 Å². The van der Waals surface area contributed by atoms with E-state index in [4.69, 9.17) is 4.42 Å². The summed E-state index contributed by atoms with van der Waals surface area (Å²) in [6.45, 7) is 1.21. The highest BCUT2D eigenvalue weighted by molar-refractivity contribution is 5.87. The van der Waals surface area contributed by atoms with Gasteiger partial charge in [-0.2, -0.15) is 0 Å². The predicted octanol–water partition coefficient (Wildman–Crippen LogP) is 3.99. The molecule has 4 aromatic rings. The maximum atomic E-state index is 10.5. The zero-order chi connectivity index (χ0) is 17.9. The van der Waals surface area contributed by atoms with Gasteiger partial charge in [0.1, 0.15) is 11.4 Å². The van der Waals surface area contributed by atoms with Gasteiger partial charge in [0.25, 0.3) is 0 Å². The lowest BCUT2D eigenvalue weighted by Crippen LogP contribution is -2.24. The van der Waals surface area contributed by atoms with Crippen molar-refractivity contribution in [3.05, 3.63) is 78.2 Å². The van der Waals surface area contributed by atoms with Crippen molar-refractivity contribution in [2.24, 2.45) is 0 Å². The summed E-state index contributed by atoms with van der Waals surface area (Å²) in [7, 11) is 2.01. The maximum Gasteiger partial charge on any atom is 0.150 e. The zero-order valence-corrected chi connectivity index (χ0v) is 14.6. The summed E-state index contributed by atoms with van der Waals surface area (Å²) >= 11 is 0. The first-order valence-electron chi connectivity index (χ1n) is 8.63. The number of likely N-dealkylation sites (N-methyl/N-ethyl adjacent to an activating group) is 1. The molecule has 0 aliphatic carbocycles. The summed E-state index contributed by atoms with van der Waals surface area (Å²) in [4.78, 5) is 9.90.